The minimum Gasteiger partial charge on any atom is -0.364 e. The maximum absolute atomic E-state index is 4.82. The molecule has 164 valence electrons. The molecular formula is C27H26N6. The van der Waals surface area contributed by atoms with Crippen LogP contribution in [0.25, 0.3) is 22.2 Å². The zero-order valence-corrected chi connectivity index (χ0v) is 19.0. The van der Waals surface area contributed by atoms with Crippen molar-refractivity contribution in [2.24, 2.45) is 0 Å². The molecule has 0 saturated heterocycles. The van der Waals surface area contributed by atoms with Crippen LogP contribution < -0.4 is 10.2 Å². The summed E-state index contributed by atoms with van der Waals surface area (Å²) in [4.78, 5) is 20.4. The van der Waals surface area contributed by atoms with Crippen LogP contribution >= 0.6 is 0 Å². The van der Waals surface area contributed by atoms with Crippen LogP contribution in [-0.2, 0) is 6.54 Å². The molecule has 0 radical (unpaired) electrons. The van der Waals surface area contributed by atoms with Gasteiger partial charge in [-0.25, -0.2) is 15.0 Å². The number of allylic oxidation sites excluding steroid dienone is 2. The topological polar surface area (TPSA) is 66.8 Å². The molecule has 1 atom stereocenters. The summed E-state index contributed by atoms with van der Waals surface area (Å²) in [7, 11) is 0. The van der Waals surface area contributed by atoms with Crippen LogP contribution in [0, 0.1) is 13.8 Å². The molecule has 1 aliphatic heterocycles. The van der Waals surface area contributed by atoms with E-state index in [4.69, 9.17) is 4.98 Å². The summed E-state index contributed by atoms with van der Waals surface area (Å²) in [5.74, 6) is 1.56. The van der Waals surface area contributed by atoms with Crippen molar-refractivity contribution in [1.29, 1.82) is 0 Å². The first-order valence-electron chi connectivity index (χ1n) is 11.1. The van der Waals surface area contributed by atoms with Gasteiger partial charge in [-0.3, -0.25) is 4.98 Å². The van der Waals surface area contributed by atoms with E-state index in [0.717, 1.165) is 28.4 Å². The SMILES string of the molecule is Cc1cc(-c2ccc(CNc3nccc4nc(N5C=CC=CC5C)cnc34)cc2C)ccn1. The van der Waals surface area contributed by atoms with E-state index in [0.29, 0.717) is 6.54 Å². The molecule has 3 aromatic heterocycles. The average Bonchev–Trinajstić information content (AvgIpc) is 2.82. The molecule has 4 heterocycles. The number of aromatic nitrogens is 4. The first-order chi connectivity index (χ1) is 16.1. The zero-order valence-electron chi connectivity index (χ0n) is 19.0. The van der Waals surface area contributed by atoms with Crippen molar-refractivity contribution in [1.82, 2.24) is 19.9 Å². The van der Waals surface area contributed by atoms with Crippen molar-refractivity contribution in [3.8, 4) is 11.1 Å². The molecule has 5 rings (SSSR count). The number of hydrogen-bond acceptors (Lipinski definition) is 6. The van der Waals surface area contributed by atoms with Gasteiger partial charge in [0.15, 0.2) is 11.6 Å². The van der Waals surface area contributed by atoms with Crippen LogP contribution in [0.2, 0.25) is 0 Å². The molecule has 1 N–H and O–H groups in total. The molecule has 0 saturated carbocycles. The van der Waals surface area contributed by atoms with Crippen LogP contribution in [0.15, 0.2) is 79.4 Å². The highest BCUT2D eigenvalue weighted by Crippen LogP contribution is 2.26. The zero-order chi connectivity index (χ0) is 22.8. The third kappa shape index (κ3) is 4.32. The lowest BCUT2D eigenvalue weighted by Gasteiger charge is -2.26. The predicted octanol–water partition coefficient (Wildman–Crippen LogP) is 5.59. The Morgan fingerprint density at radius 2 is 1.85 bits per heavy atom. The van der Waals surface area contributed by atoms with E-state index in [1.165, 1.54) is 22.3 Å². The molecule has 1 aromatic carbocycles. The summed E-state index contributed by atoms with van der Waals surface area (Å²) in [5.41, 5.74) is 7.44. The Balaban J connectivity index is 1.36. The van der Waals surface area contributed by atoms with E-state index in [1.54, 1.807) is 6.20 Å². The van der Waals surface area contributed by atoms with Crippen molar-refractivity contribution in [3.05, 3.63) is 96.2 Å². The van der Waals surface area contributed by atoms with Gasteiger partial charge in [0, 0.05) is 30.8 Å². The summed E-state index contributed by atoms with van der Waals surface area (Å²) < 4.78 is 0. The monoisotopic (exact) mass is 434 g/mol. The number of anilines is 2. The highest BCUT2D eigenvalue weighted by atomic mass is 15.2. The Kier molecular flexibility index (Phi) is 5.57. The predicted molar refractivity (Wildman–Crippen MR) is 134 cm³/mol. The van der Waals surface area contributed by atoms with E-state index in [2.05, 4.69) is 75.4 Å². The molecule has 0 spiro atoms. The van der Waals surface area contributed by atoms with E-state index in [9.17, 15) is 0 Å². The number of benzene rings is 1. The summed E-state index contributed by atoms with van der Waals surface area (Å²) in [6.45, 7) is 6.95. The second-order valence-corrected chi connectivity index (χ2v) is 8.32. The molecule has 6 heteroatoms. The third-order valence-corrected chi connectivity index (χ3v) is 5.86. The van der Waals surface area contributed by atoms with Crippen LogP contribution in [0.4, 0.5) is 11.6 Å². The van der Waals surface area contributed by atoms with E-state index in [-0.39, 0.29) is 6.04 Å². The van der Waals surface area contributed by atoms with Gasteiger partial charge in [0.25, 0.3) is 0 Å². The molecule has 4 aromatic rings. The molecule has 0 bridgehead atoms. The smallest absolute Gasteiger partial charge is 0.154 e. The van der Waals surface area contributed by atoms with Gasteiger partial charge in [0.1, 0.15) is 5.52 Å². The van der Waals surface area contributed by atoms with E-state index >= 15 is 0 Å². The van der Waals surface area contributed by atoms with Crippen LogP contribution in [0.3, 0.4) is 0 Å². The Morgan fingerprint density at radius 1 is 0.970 bits per heavy atom. The van der Waals surface area contributed by atoms with Gasteiger partial charge in [-0.15, -0.1) is 0 Å². The van der Waals surface area contributed by atoms with Gasteiger partial charge in [-0.2, -0.15) is 0 Å². The molecular weight excluding hydrogens is 408 g/mol. The van der Waals surface area contributed by atoms with E-state index < -0.39 is 0 Å². The maximum atomic E-state index is 4.82. The minimum absolute atomic E-state index is 0.239. The maximum Gasteiger partial charge on any atom is 0.154 e. The molecule has 1 unspecified atom stereocenters. The minimum atomic E-state index is 0.239. The Bertz CT molecular complexity index is 1370. The van der Waals surface area contributed by atoms with Crippen LogP contribution in [-0.4, -0.2) is 26.0 Å². The van der Waals surface area contributed by atoms with Gasteiger partial charge in [0.05, 0.1) is 17.8 Å². The number of fused-ring (bicyclic) bond motifs is 1. The number of hydrogen-bond donors (Lipinski definition) is 1. The first-order valence-corrected chi connectivity index (χ1v) is 11.1. The number of nitrogens with one attached hydrogen (secondary N) is 1. The Labute approximate surface area is 193 Å². The van der Waals surface area contributed by atoms with Gasteiger partial charge in [0.2, 0.25) is 0 Å². The Morgan fingerprint density at radius 3 is 2.67 bits per heavy atom. The van der Waals surface area contributed by atoms with Crippen molar-refractivity contribution in [2.45, 2.75) is 33.4 Å². The summed E-state index contributed by atoms with van der Waals surface area (Å²) in [6, 6.07) is 12.8. The lowest BCUT2D eigenvalue weighted by molar-refractivity contribution is 0.832. The second-order valence-electron chi connectivity index (χ2n) is 8.32. The third-order valence-electron chi connectivity index (χ3n) is 5.86. The second kappa shape index (κ2) is 8.82. The normalized spacial score (nSPS) is 15.2. The fraction of sp³-hybridized carbons (Fsp3) is 0.185. The fourth-order valence-corrected chi connectivity index (χ4v) is 4.13. The Hall–Kier alpha value is -4.06. The summed E-state index contributed by atoms with van der Waals surface area (Å²) in [6.07, 6.45) is 13.7. The molecule has 0 fully saturated rings. The van der Waals surface area contributed by atoms with Crippen molar-refractivity contribution in [3.63, 3.8) is 0 Å². The van der Waals surface area contributed by atoms with Gasteiger partial charge >= 0.3 is 0 Å². The lowest BCUT2D eigenvalue weighted by Crippen LogP contribution is -2.28. The van der Waals surface area contributed by atoms with Crippen molar-refractivity contribution >= 4 is 22.7 Å². The molecule has 0 amide bonds. The fourth-order valence-electron chi connectivity index (χ4n) is 4.13. The van der Waals surface area contributed by atoms with Crippen molar-refractivity contribution in [2.75, 3.05) is 10.2 Å². The first kappa shape index (κ1) is 20.8. The van der Waals surface area contributed by atoms with E-state index in [1.807, 2.05) is 43.7 Å². The summed E-state index contributed by atoms with van der Waals surface area (Å²) in [5, 5.41) is 3.44. The standard InChI is InChI=1S/C27H26N6/c1-18-14-21(7-8-23(18)22-9-11-28-19(2)15-22)16-31-27-26-24(10-12-29-27)32-25(17-30-26)33-13-5-4-6-20(33)3/h4-15,17,20H,16H2,1-3H3,(H,29,31). The molecule has 33 heavy (non-hydrogen) atoms. The van der Waals surface area contributed by atoms with Gasteiger partial charge < -0.3 is 10.2 Å². The van der Waals surface area contributed by atoms with Gasteiger partial charge in [-0.1, -0.05) is 30.4 Å². The quantitative estimate of drug-likeness (QED) is 0.441. The number of aryl methyl sites for hydroxylation is 2. The van der Waals surface area contributed by atoms with Crippen LogP contribution in [0.1, 0.15) is 23.7 Å². The molecule has 6 nitrogen and oxygen atoms in total. The molecule has 0 aliphatic carbocycles. The lowest BCUT2D eigenvalue weighted by atomic mass is 9.98. The van der Waals surface area contributed by atoms with Gasteiger partial charge in [-0.05, 0) is 67.3 Å². The highest BCUT2D eigenvalue weighted by Gasteiger charge is 2.15. The largest absolute Gasteiger partial charge is 0.364 e. The average molecular weight is 435 g/mol. The number of pyridine rings is 2. The van der Waals surface area contributed by atoms with Crippen LogP contribution in [0.5, 0.6) is 0 Å². The van der Waals surface area contributed by atoms with Crippen molar-refractivity contribution < 1.29 is 0 Å². The summed E-state index contributed by atoms with van der Waals surface area (Å²) >= 11 is 0. The number of rotatable bonds is 5. The molecule has 1 aliphatic rings. The highest BCUT2D eigenvalue weighted by molar-refractivity contribution is 5.86. The number of nitrogens with zero attached hydrogens (tertiary/aromatic N) is 5.